The van der Waals surface area contributed by atoms with Crippen LogP contribution >= 0.6 is 0 Å². The molecule has 4 aliphatic rings. The second-order valence-corrected chi connectivity index (χ2v) is 11.6. The molecule has 0 spiro atoms. The zero-order valence-electron chi connectivity index (χ0n) is 24.7. The normalized spacial score (nSPS) is 26.7. The molecule has 236 valence electrons. The van der Waals surface area contributed by atoms with E-state index in [4.69, 9.17) is 10.5 Å². The number of imide groups is 1. The molecule has 1 aromatic carbocycles. The summed E-state index contributed by atoms with van der Waals surface area (Å²) in [6.07, 6.45) is 1.92. The molecule has 1 aliphatic heterocycles. The quantitative estimate of drug-likeness (QED) is 0.170. The van der Waals surface area contributed by atoms with Gasteiger partial charge in [0, 0.05) is 29.7 Å². The van der Waals surface area contributed by atoms with Gasteiger partial charge in [-0.05, 0) is 38.1 Å². The summed E-state index contributed by atoms with van der Waals surface area (Å²) >= 11 is 0. The van der Waals surface area contributed by atoms with E-state index in [1.165, 1.54) is 18.1 Å². The van der Waals surface area contributed by atoms with E-state index in [1.807, 2.05) is 13.8 Å². The first-order chi connectivity index (χ1) is 20.8. The van der Waals surface area contributed by atoms with Crippen molar-refractivity contribution in [3.8, 4) is 11.5 Å². The van der Waals surface area contributed by atoms with Crippen LogP contribution in [0.3, 0.4) is 0 Å². The second-order valence-electron chi connectivity index (χ2n) is 11.6. The Labute approximate surface area is 252 Å². The Hall–Kier alpha value is -4.43. The SMILES string of the molecule is CCCCN1CC(=O)N(c2cc(OC)c3c(c2O)C(O)=C2C(=O)[C@]4(O)C(O)=C(C(N)=O)C(=O)[C@@H](NCCC)[C@@H]4C[C@@H]2C3)C1=O. The minimum atomic E-state index is -2.79. The topological polar surface area (TPSA) is 220 Å². The number of anilines is 1. The number of methoxy groups -OCH3 is 1. The molecule has 0 radical (unpaired) electrons. The number of amides is 4. The third-order valence-electron chi connectivity index (χ3n) is 9.03. The molecule has 14 nitrogen and oxygen atoms in total. The van der Waals surface area contributed by atoms with Crippen LogP contribution in [-0.4, -0.2) is 93.1 Å². The number of Topliss-reactive ketones (excluding diaryl/α,β-unsaturated/α-hetero) is 2. The molecule has 1 saturated heterocycles. The summed E-state index contributed by atoms with van der Waals surface area (Å²) in [6.45, 7) is 4.18. The largest absolute Gasteiger partial charge is 0.508 e. The molecule has 1 saturated carbocycles. The molecule has 4 atom stereocenters. The average molecular weight is 613 g/mol. The van der Waals surface area contributed by atoms with E-state index in [-0.39, 0.29) is 47.5 Å². The number of urea groups is 1. The summed E-state index contributed by atoms with van der Waals surface area (Å²) in [4.78, 5) is 67.8. The zero-order valence-corrected chi connectivity index (χ0v) is 24.7. The molecule has 5 rings (SSSR count). The number of aliphatic hydroxyl groups is 3. The lowest BCUT2D eigenvalue weighted by atomic mass is 9.57. The Morgan fingerprint density at radius 1 is 1.16 bits per heavy atom. The van der Waals surface area contributed by atoms with Crippen LogP contribution in [0, 0.1) is 11.8 Å². The molecule has 2 fully saturated rings. The predicted molar refractivity (Wildman–Crippen MR) is 155 cm³/mol. The summed E-state index contributed by atoms with van der Waals surface area (Å²) < 4.78 is 5.55. The number of fused-ring (bicyclic) bond motifs is 3. The molecule has 0 unspecified atom stereocenters. The number of aromatic hydroxyl groups is 1. The number of hydrogen-bond donors (Lipinski definition) is 6. The monoisotopic (exact) mass is 612 g/mol. The number of nitrogens with zero attached hydrogens (tertiary/aromatic N) is 2. The predicted octanol–water partition coefficient (Wildman–Crippen LogP) is 0.979. The Morgan fingerprint density at radius 3 is 2.48 bits per heavy atom. The average Bonchev–Trinajstić information content (AvgIpc) is 3.25. The number of ether oxygens (including phenoxy) is 1. The summed E-state index contributed by atoms with van der Waals surface area (Å²) in [5, 5.41) is 48.8. The number of hydrogen-bond acceptors (Lipinski definition) is 11. The number of primary amides is 1. The number of phenolic OH excluding ortho intramolecular Hbond substituents is 1. The van der Waals surface area contributed by atoms with Crippen molar-refractivity contribution in [2.24, 2.45) is 17.6 Å². The van der Waals surface area contributed by atoms with Gasteiger partial charge >= 0.3 is 6.03 Å². The standard InChI is InChI=1S/C30H36N4O10/c1-4-6-8-33-12-18(35)34(29(33)42)16-11-17(44-3)14-9-13-10-15-22(32-7-5-2)25(38)21(28(31)41)27(40)30(15,43)26(39)19(13)24(37)20(14)23(16)36/h11,13,15,22,32,36-37,40,43H,4-10,12H2,1-3H3,(H2,31,41)/t13-,15-,22-,30-/m0/s1. The first-order valence-electron chi connectivity index (χ1n) is 14.6. The van der Waals surface area contributed by atoms with Crippen molar-refractivity contribution in [1.82, 2.24) is 10.2 Å². The highest BCUT2D eigenvalue weighted by Crippen LogP contribution is 2.54. The van der Waals surface area contributed by atoms with Crippen LogP contribution in [0.4, 0.5) is 10.5 Å². The van der Waals surface area contributed by atoms with Gasteiger partial charge in [0.25, 0.3) is 11.8 Å². The number of carbonyl (C=O) groups is 5. The van der Waals surface area contributed by atoms with Gasteiger partial charge in [0.05, 0.1) is 24.4 Å². The lowest BCUT2D eigenvalue weighted by molar-refractivity contribution is -0.150. The lowest BCUT2D eigenvalue weighted by Gasteiger charge is -2.49. The molecule has 7 N–H and O–H groups in total. The Morgan fingerprint density at radius 2 is 1.86 bits per heavy atom. The van der Waals surface area contributed by atoms with E-state index in [1.54, 1.807) is 0 Å². The molecule has 1 heterocycles. The maximum absolute atomic E-state index is 14.1. The summed E-state index contributed by atoms with van der Waals surface area (Å²) in [5.74, 6) is -8.48. The van der Waals surface area contributed by atoms with E-state index >= 15 is 0 Å². The number of rotatable bonds is 9. The van der Waals surface area contributed by atoms with E-state index in [0.717, 1.165) is 11.3 Å². The molecule has 0 bridgehead atoms. The smallest absolute Gasteiger partial charge is 0.332 e. The van der Waals surface area contributed by atoms with E-state index in [0.29, 0.717) is 25.9 Å². The van der Waals surface area contributed by atoms with E-state index < -0.39 is 75.7 Å². The van der Waals surface area contributed by atoms with Crippen molar-refractivity contribution in [2.45, 2.75) is 57.6 Å². The first-order valence-corrected chi connectivity index (χ1v) is 14.6. The fourth-order valence-corrected chi connectivity index (χ4v) is 6.90. The second kappa shape index (κ2) is 11.2. The zero-order chi connectivity index (χ0) is 32.2. The molecule has 1 aromatic rings. The number of nitrogens with two attached hydrogens (primary N) is 1. The van der Waals surface area contributed by atoms with Crippen molar-refractivity contribution < 1.29 is 49.1 Å². The highest BCUT2D eigenvalue weighted by molar-refractivity contribution is 6.25. The highest BCUT2D eigenvalue weighted by Gasteiger charge is 2.63. The fourth-order valence-electron chi connectivity index (χ4n) is 6.90. The lowest BCUT2D eigenvalue weighted by Crippen LogP contribution is -2.66. The van der Waals surface area contributed by atoms with Gasteiger partial charge in [-0.15, -0.1) is 0 Å². The fraction of sp³-hybridized carbons (Fsp3) is 0.500. The number of ketones is 2. The van der Waals surface area contributed by atoms with E-state index in [9.17, 15) is 44.4 Å². The Balaban J connectivity index is 1.67. The van der Waals surface area contributed by atoms with Crippen LogP contribution in [-0.2, 0) is 25.6 Å². The summed E-state index contributed by atoms with van der Waals surface area (Å²) in [6, 6.07) is -0.595. The van der Waals surface area contributed by atoms with Crippen LogP contribution in [0.15, 0.2) is 23.0 Å². The Kier molecular flexibility index (Phi) is 7.93. The van der Waals surface area contributed by atoms with Crippen LogP contribution < -0.4 is 20.7 Å². The molecule has 3 aliphatic carbocycles. The molecule has 44 heavy (non-hydrogen) atoms. The minimum Gasteiger partial charge on any atom is -0.508 e. The van der Waals surface area contributed by atoms with Gasteiger partial charge in [-0.2, -0.15) is 0 Å². The molecule has 14 heteroatoms. The van der Waals surface area contributed by atoms with Crippen molar-refractivity contribution >= 4 is 40.9 Å². The van der Waals surface area contributed by atoms with Crippen LogP contribution in [0.5, 0.6) is 11.5 Å². The van der Waals surface area contributed by atoms with Crippen LogP contribution in [0.1, 0.15) is 50.7 Å². The van der Waals surface area contributed by atoms with Crippen molar-refractivity contribution in [3.63, 3.8) is 0 Å². The number of unbranched alkanes of at least 4 members (excludes halogenated alkanes) is 1. The number of phenols is 1. The third-order valence-corrected chi connectivity index (χ3v) is 9.03. The minimum absolute atomic E-state index is 0.00355. The van der Waals surface area contributed by atoms with Crippen molar-refractivity contribution in [1.29, 1.82) is 0 Å². The van der Waals surface area contributed by atoms with Gasteiger partial charge in [0.1, 0.15) is 29.4 Å². The highest BCUT2D eigenvalue weighted by atomic mass is 16.5. The number of carbonyl (C=O) groups excluding carboxylic acids is 5. The summed E-state index contributed by atoms with van der Waals surface area (Å²) in [7, 11) is 1.33. The van der Waals surface area contributed by atoms with Gasteiger partial charge in [-0.25, -0.2) is 9.69 Å². The molecular weight excluding hydrogens is 576 g/mol. The van der Waals surface area contributed by atoms with Crippen LogP contribution in [0.25, 0.3) is 5.76 Å². The number of benzene rings is 1. The van der Waals surface area contributed by atoms with E-state index in [2.05, 4.69) is 5.32 Å². The van der Waals surface area contributed by atoms with Crippen molar-refractivity contribution in [2.75, 3.05) is 31.6 Å². The van der Waals surface area contributed by atoms with Crippen LogP contribution in [0.2, 0.25) is 0 Å². The first kappa shape index (κ1) is 31.0. The van der Waals surface area contributed by atoms with Crippen molar-refractivity contribution in [3.05, 3.63) is 34.1 Å². The Bertz CT molecular complexity index is 1550. The van der Waals surface area contributed by atoms with Gasteiger partial charge in [0.15, 0.2) is 17.1 Å². The van der Waals surface area contributed by atoms with Gasteiger partial charge in [-0.1, -0.05) is 20.3 Å². The number of aliphatic hydroxyl groups excluding tert-OH is 2. The van der Waals surface area contributed by atoms with Gasteiger partial charge in [0.2, 0.25) is 5.78 Å². The molecule has 4 amide bonds. The van der Waals surface area contributed by atoms with Gasteiger partial charge < -0.3 is 41.1 Å². The maximum Gasteiger partial charge on any atom is 0.332 e. The number of nitrogens with one attached hydrogen (secondary N) is 1. The van der Waals surface area contributed by atoms with Gasteiger partial charge in [-0.3, -0.25) is 19.2 Å². The molecular formula is C30H36N4O10. The third kappa shape index (κ3) is 4.34. The molecule has 0 aromatic heterocycles. The maximum atomic E-state index is 14.1. The summed E-state index contributed by atoms with van der Waals surface area (Å²) in [5.41, 5.74) is 1.06.